The van der Waals surface area contributed by atoms with E-state index in [1.807, 2.05) is 36.5 Å². The molecule has 0 saturated carbocycles. The quantitative estimate of drug-likeness (QED) is 0.432. The smallest absolute Gasteiger partial charge is 0.244 e. The molecule has 0 bridgehead atoms. The van der Waals surface area contributed by atoms with Gasteiger partial charge in [-0.05, 0) is 54.1 Å². The molecule has 2 amide bonds. The molecule has 2 saturated heterocycles. The number of carbonyl (C=O) groups is 3. The summed E-state index contributed by atoms with van der Waals surface area (Å²) in [7, 11) is 3.00. The van der Waals surface area contributed by atoms with E-state index in [0.29, 0.717) is 22.7 Å². The number of quaternary nitrogens is 1. The highest BCUT2D eigenvalue weighted by Crippen LogP contribution is 2.45. The first-order chi connectivity index (χ1) is 17.9. The van der Waals surface area contributed by atoms with Crippen LogP contribution in [0.25, 0.3) is 6.08 Å². The highest BCUT2D eigenvalue weighted by atomic mass is 19.1. The lowest BCUT2D eigenvalue weighted by atomic mass is 9.83. The van der Waals surface area contributed by atoms with E-state index in [1.165, 1.54) is 38.5 Å². The fourth-order valence-electron chi connectivity index (χ4n) is 6.06. The molecule has 3 aliphatic rings. The maximum absolute atomic E-state index is 14.1. The van der Waals surface area contributed by atoms with Crippen molar-refractivity contribution in [2.75, 3.05) is 19.1 Å². The number of anilines is 1. The summed E-state index contributed by atoms with van der Waals surface area (Å²) in [5, 5.41) is 0. The first kappa shape index (κ1) is 23.1. The van der Waals surface area contributed by atoms with E-state index in [2.05, 4.69) is 0 Å². The Bertz CT molecular complexity index is 1470. The van der Waals surface area contributed by atoms with E-state index in [0.717, 1.165) is 20.9 Å². The van der Waals surface area contributed by atoms with Crippen LogP contribution in [-0.2, 0) is 9.59 Å². The molecular formula is C29H24FN2O5+. The number of Topliss-reactive ketones (excluding diaryl/α,β-unsaturated/α-hetero) is 1. The average molecular weight is 500 g/mol. The number of carbonyl (C=O) groups excluding carboxylic acids is 3. The molecule has 1 N–H and O–H groups in total. The van der Waals surface area contributed by atoms with Crippen LogP contribution in [0.1, 0.15) is 27.5 Å². The zero-order chi connectivity index (χ0) is 25.8. The topological polar surface area (TPSA) is 77.4 Å². The molecule has 6 rings (SSSR count). The van der Waals surface area contributed by atoms with Crippen LogP contribution in [0.15, 0.2) is 72.9 Å². The van der Waals surface area contributed by atoms with Gasteiger partial charge in [0.1, 0.15) is 23.7 Å². The molecule has 0 aliphatic carbocycles. The molecule has 3 aromatic carbocycles. The van der Waals surface area contributed by atoms with E-state index in [4.69, 9.17) is 9.47 Å². The second kappa shape index (κ2) is 8.67. The Morgan fingerprint density at radius 2 is 1.59 bits per heavy atom. The molecule has 1 unspecified atom stereocenters. The third-order valence-corrected chi connectivity index (χ3v) is 7.66. The predicted octanol–water partition coefficient (Wildman–Crippen LogP) is 2.82. The van der Waals surface area contributed by atoms with Gasteiger partial charge in [0.15, 0.2) is 17.5 Å². The van der Waals surface area contributed by atoms with Gasteiger partial charge in [-0.2, -0.15) is 0 Å². The van der Waals surface area contributed by atoms with Crippen molar-refractivity contribution in [3.8, 4) is 11.5 Å². The maximum atomic E-state index is 14.1. The largest absolute Gasteiger partial charge is 0.493 e. The fraction of sp³-hybridized carbons (Fsp3) is 0.207. The van der Waals surface area contributed by atoms with E-state index in [1.54, 1.807) is 18.2 Å². The highest BCUT2D eigenvalue weighted by Gasteiger charge is 2.68. The lowest BCUT2D eigenvalue weighted by Crippen LogP contribution is -3.12. The number of hydrogen-bond acceptors (Lipinski definition) is 5. The van der Waals surface area contributed by atoms with Gasteiger partial charge >= 0.3 is 0 Å². The SMILES string of the molecule is COc1ccc(C(=O)[C@H]2[C@@H]3C(=O)N(c4ccc(F)cc4)C(=O)[C@@H]3[C@H]3c4ccccc4C=C[NH+]32)cc1OC. The Morgan fingerprint density at radius 3 is 2.32 bits per heavy atom. The number of ether oxygens (including phenoxy) is 2. The monoisotopic (exact) mass is 499 g/mol. The van der Waals surface area contributed by atoms with Crippen molar-refractivity contribution in [3.63, 3.8) is 0 Å². The van der Waals surface area contributed by atoms with E-state index in [9.17, 15) is 18.8 Å². The van der Waals surface area contributed by atoms with Crippen LogP contribution in [0, 0.1) is 17.7 Å². The molecule has 3 aliphatic heterocycles. The van der Waals surface area contributed by atoms with Crippen LogP contribution in [0.4, 0.5) is 10.1 Å². The molecular weight excluding hydrogens is 475 g/mol. The van der Waals surface area contributed by atoms with Gasteiger partial charge in [0.05, 0.1) is 26.1 Å². The molecule has 0 spiro atoms. The summed E-state index contributed by atoms with van der Waals surface area (Å²) in [5.41, 5.74) is 2.53. The van der Waals surface area contributed by atoms with Crippen molar-refractivity contribution in [2.45, 2.75) is 12.1 Å². The van der Waals surface area contributed by atoms with E-state index in [-0.39, 0.29) is 11.7 Å². The van der Waals surface area contributed by atoms with Crippen LogP contribution in [0.3, 0.4) is 0 Å². The minimum Gasteiger partial charge on any atom is -0.493 e. The first-order valence-corrected chi connectivity index (χ1v) is 12.0. The summed E-state index contributed by atoms with van der Waals surface area (Å²) in [5.74, 6) is -2.30. The number of nitrogens with zero attached hydrogens (tertiary/aromatic N) is 1. The number of imide groups is 1. The van der Waals surface area contributed by atoms with Crippen molar-refractivity contribution in [2.24, 2.45) is 11.8 Å². The molecule has 2 fully saturated rings. The molecule has 7 nitrogen and oxygen atoms in total. The van der Waals surface area contributed by atoms with Gasteiger partial charge in [-0.15, -0.1) is 0 Å². The maximum Gasteiger partial charge on any atom is 0.244 e. The van der Waals surface area contributed by atoms with E-state index < -0.39 is 35.6 Å². The van der Waals surface area contributed by atoms with Crippen molar-refractivity contribution in [1.29, 1.82) is 0 Å². The molecule has 8 heteroatoms. The number of methoxy groups -OCH3 is 2. The summed E-state index contributed by atoms with van der Waals surface area (Å²) in [6, 6.07) is 16.6. The number of benzene rings is 3. The minimum absolute atomic E-state index is 0.264. The minimum atomic E-state index is -0.881. The Balaban J connectivity index is 1.48. The van der Waals surface area contributed by atoms with Crippen LogP contribution in [-0.4, -0.2) is 37.9 Å². The number of hydrogen-bond donors (Lipinski definition) is 1. The summed E-state index contributed by atoms with van der Waals surface area (Å²) < 4.78 is 24.3. The Morgan fingerprint density at radius 1 is 0.892 bits per heavy atom. The molecule has 3 aromatic rings. The van der Waals surface area contributed by atoms with Crippen LogP contribution in [0.5, 0.6) is 11.5 Å². The van der Waals surface area contributed by atoms with Crippen LogP contribution in [0.2, 0.25) is 0 Å². The fourth-order valence-corrected chi connectivity index (χ4v) is 6.06. The molecule has 0 radical (unpaired) electrons. The second-order valence-electron chi connectivity index (χ2n) is 9.39. The highest BCUT2D eigenvalue weighted by molar-refractivity contribution is 6.24. The number of rotatable bonds is 5. The van der Waals surface area contributed by atoms with Gasteiger partial charge in [-0.25, -0.2) is 9.29 Å². The van der Waals surface area contributed by atoms with Crippen molar-refractivity contribution in [1.82, 2.24) is 0 Å². The number of amides is 2. The van der Waals surface area contributed by atoms with Crippen molar-refractivity contribution in [3.05, 3.63) is 95.4 Å². The number of fused-ring (bicyclic) bond motifs is 5. The summed E-state index contributed by atoms with van der Waals surface area (Å²) in [6.07, 6.45) is 3.82. The standard InChI is InChI=1S/C29H23FN2O5/c1-36-21-12-7-17(15-22(21)37-2)27(33)26-24-23(25-20-6-4-3-5-16(20)13-14-31(25)26)28(34)32(29(24)35)19-10-8-18(30)9-11-19/h3-15,23-26H,1-2H3/p+1/t23-,24+,25+,26+/m0/s1. The predicted molar refractivity (Wildman–Crippen MR) is 133 cm³/mol. The number of nitrogens with one attached hydrogen (secondary N) is 1. The van der Waals surface area contributed by atoms with Crippen LogP contribution < -0.4 is 19.3 Å². The number of halogens is 1. The first-order valence-electron chi connectivity index (χ1n) is 12.0. The van der Waals surface area contributed by atoms with Gasteiger partial charge in [-0.1, -0.05) is 24.3 Å². The lowest BCUT2D eigenvalue weighted by molar-refractivity contribution is -0.884. The van der Waals surface area contributed by atoms with Gasteiger partial charge in [-0.3, -0.25) is 19.3 Å². The van der Waals surface area contributed by atoms with Crippen molar-refractivity contribution >= 4 is 29.4 Å². The van der Waals surface area contributed by atoms with Crippen molar-refractivity contribution < 1.29 is 33.1 Å². The van der Waals surface area contributed by atoms with Gasteiger partial charge in [0.25, 0.3) is 0 Å². The Hall–Kier alpha value is -4.30. The Kier molecular flexibility index (Phi) is 5.42. The third-order valence-electron chi connectivity index (χ3n) is 7.66. The lowest BCUT2D eigenvalue weighted by Gasteiger charge is -2.30. The van der Waals surface area contributed by atoms with Gasteiger partial charge < -0.3 is 9.47 Å². The van der Waals surface area contributed by atoms with Gasteiger partial charge in [0, 0.05) is 11.1 Å². The zero-order valence-corrected chi connectivity index (χ0v) is 20.2. The zero-order valence-electron chi connectivity index (χ0n) is 20.2. The van der Waals surface area contributed by atoms with E-state index >= 15 is 0 Å². The summed E-state index contributed by atoms with van der Waals surface area (Å²) in [6.45, 7) is 0. The third kappa shape index (κ3) is 3.40. The summed E-state index contributed by atoms with van der Waals surface area (Å²) in [4.78, 5) is 43.7. The number of ketones is 1. The Labute approximate surface area is 212 Å². The molecule has 3 heterocycles. The van der Waals surface area contributed by atoms with Crippen LogP contribution >= 0.6 is 0 Å². The molecule has 0 aromatic heterocycles. The van der Waals surface area contributed by atoms with Gasteiger partial charge in [0.2, 0.25) is 17.6 Å². The average Bonchev–Trinajstić information content (AvgIpc) is 3.40. The molecule has 37 heavy (non-hydrogen) atoms. The summed E-state index contributed by atoms with van der Waals surface area (Å²) >= 11 is 0. The molecule has 186 valence electrons. The normalized spacial score (nSPS) is 25.5. The second-order valence-corrected chi connectivity index (χ2v) is 9.39. The molecule has 5 atom stereocenters.